The van der Waals surface area contributed by atoms with Gasteiger partial charge < -0.3 is 0 Å². The van der Waals surface area contributed by atoms with E-state index in [1.165, 1.54) is 9.79 Å². The molecule has 0 spiro atoms. The highest BCUT2D eigenvalue weighted by Crippen LogP contribution is 2.42. The van der Waals surface area contributed by atoms with E-state index < -0.39 is 10.7 Å². The average Bonchev–Trinajstić information content (AvgIpc) is 2.30. The Morgan fingerprint density at radius 2 is 1.27 bits per heavy atom. The van der Waals surface area contributed by atoms with Crippen molar-refractivity contribution in [2.45, 2.75) is 19.6 Å². The molecule has 0 aromatic heterocycles. The van der Waals surface area contributed by atoms with Gasteiger partial charge in [0.05, 0.1) is 0 Å². The van der Waals surface area contributed by atoms with Crippen molar-refractivity contribution in [1.82, 2.24) is 0 Å². The summed E-state index contributed by atoms with van der Waals surface area (Å²) in [6, 6.07) is 16.4. The normalized spacial score (nSPS) is 14.4. The molecular weight excluding hydrogens is 222 g/mol. The van der Waals surface area contributed by atoms with Gasteiger partial charge in [-0.1, -0.05) is 36.0 Å². The maximum absolute atomic E-state index is 8.25. The van der Waals surface area contributed by atoms with E-state index in [1.807, 2.05) is 24.3 Å². The Kier molecular flexibility index (Phi) is 2.15. The van der Waals surface area contributed by atoms with Gasteiger partial charge in [-0.2, -0.15) is 0 Å². The van der Waals surface area contributed by atoms with E-state index in [1.54, 1.807) is 11.8 Å². The highest BCUT2D eigenvalue weighted by molar-refractivity contribution is 8.01. The Balaban J connectivity index is 2.24. The summed E-state index contributed by atoms with van der Waals surface area (Å²) in [6.07, 6.45) is 0. The zero-order valence-corrected chi connectivity index (χ0v) is 9.57. The molecule has 0 bridgehead atoms. The lowest BCUT2D eigenvalue weighted by atomic mass is 10.3. The molecule has 0 aliphatic carbocycles. The van der Waals surface area contributed by atoms with E-state index in [0.29, 0.717) is 0 Å². The predicted molar refractivity (Wildman–Crippen MR) is 63.6 cm³/mol. The van der Waals surface area contributed by atoms with Gasteiger partial charge in [0.25, 0.3) is 0 Å². The van der Waals surface area contributed by atoms with Gasteiger partial charge in [-0.15, -0.1) is 0 Å². The van der Waals surface area contributed by atoms with Crippen molar-refractivity contribution in [2.75, 3.05) is 0 Å². The first kappa shape index (κ1) is 9.19. The smallest absolute Gasteiger partial charge is 0.0369 e. The molecule has 3 rings (SSSR count). The molecule has 0 amide bonds. The SMILES string of the molecule is N=S1c2ccccc2Sc2ccccc21. The van der Waals surface area contributed by atoms with Crippen molar-refractivity contribution in [3.63, 3.8) is 0 Å². The van der Waals surface area contributed by atoms with Crippen LogP contribution in [0.15, 0.2) is 68.1 Å². The van der Waals surface area contributed by atoms with E-state index >= 15 is 0 Å². The Labute approximate surface area is 95.4 Å². The minimum Gasteiger partial charge on any atom is -0.271 e. The van der Waals surface area contributed by atoms with E-state index in [4.69, 9.17) is 4.78 Å². The van der Waals surface area contributed by atoms with Crippen LogP contribution in [0.25, 0.3) is 0 Å². The largest absolute Gasteiger partial charge is 0.271 e. The van der Waals surface area contributed by atoms with E-state index in [2.05, 4.69) is 24.3 Å². The second kappa shape index (κ2) is 3.51. The summed E-state index contributed by atoms with van der Waals surface area (Å²) in [5.74, 6) is 0. The van der Waals surface area contributed by atoms with Crippen molar-refractivity contribution in [1.29, 1.82) is 4.78 Å². The summed E-state index contributed by atoms with van der Waals surface area (Å²) in [5.41, 5.74) is 0. The van der Waals surface area contributed by atoms with Gasteiger partial charge in [0, 0.05) is 19.6 Å². The minimum atomic E-state index is -0.511. The third-order valence-corrected chi connectivity index (χ3v) is 5.36. The number of hydrogen-bond acceptors (Lipinski definition) is 2. The lowest BCUT2D eigenvalue weighted by Gasteiger charge is -2.19. The van der Waals surface area contributed by atoms with Crippen LogP contribution in [0.2, 0.25) is 0 Å². The number of benzene rings is 2. The number of fused-ring (bicyclic) bond motifs is 2. The maximum Gasteiger partial charge on any atom is 0.0369 e. The van der Waals surface area contributed by atoms with Gasteiger partial charge in [-0.05, 0) is 35.0 Å². The molecule has 1 heterocycles. The summed E-state index contributed by atoms with van der Waals surface area (Å²) in [7, 11) is -0.511. The Hall–Kier alpha value is -1.06. The molecule has 0 unspecified atom stereocenters. The second-order valence-electron chi connectivity index (χ2n) is 3.30. The van der Waals surface area contributed by atoms with Gasteiger partial charge >= 0.3 is 0 Å². The van der Waals surface area contributed by atoms with Crippen LogP contribution in [0, 0.1) is 4.78 Å². The first-order chi connectivity index (χ1) is 7.36. The second-order valence-corrected chi connectivity index (χ2v) is 5.88. The molecule has 3 heteroatoms. The van der Waals surface area contributed by atoms with Gasteiger partial charge in [0.2, 0.25) is 0 Å². The first-order valence-corrected chi connectivity index (χ1v) is 6.72. The Morgan fingerprint density at radius 3 is 1.80 bits per heavy atom. The topological polar surface area (TPSA) is 23.9 Å². The molecule has 2 aromatic carbocycles. The van der Waals surface area contributed by atoms with Crippen molar-refractivity contribution in [3.8, 4) is 0 Å². The molecule has 1 N–H and O–H groups in total. The van der Waals surface area contributed by atoms with E-state index in [9.17, 15) is 0 Å². The van der Waals surface area contributed by atoms with E-state index in [-0.39, 0.29) is 0 Å². The third-order valence-electron chi connectivity index (χ3n) is 2.36. The predicted octanol–water partition coefficient (Wildman–Crippen LogP) is 3.95. The molecule has 1 aliphatic rings. The molecule has 1 nitrogen and oxygen atoms in total. The molecule has 0 saturated heterocycles. The molecule has 74 valence electrons. The zero-order valence-electron chi connectivity index (χ0n) is 7.94. The summed E-state index contributed by atoms with van der Waals surface area (Å²) in [6.45, 7) is 0. The number of nitrogens with one attached hydrogen (secondary N) is 1. The molecule has 0 saturated carbocycles. The fourth-order valence-corrected chi connectivity index (χ4v) is 4.47. The zero-order chi connectivity index (χ0) is 10.3. The average molecular weight is 231 g/mol. The Bertz CT molecular complexity index is 501. The third kappa shape index (κ3) is 1.43. The summed E-state index contributed by atoms with van der Waals surface area (Å²) in [5, 5.41) is 0. The van der Waals surface area contributed by atoms with E-state index in [0.717, 1.165) is 9.79 Å². The minimum absolute atomic E-state index is 0.511. The summed E-state index contributed by atoms with van der Waals surface area (Å²) >= 11 is 1.77. The molecule has 1 aliphatic heterocycles. The van der Waals surface area contributed by atoms with Crippen LogP contribution in [0.4, 0.5) is 0 Å². The highest BCUT2D eigenvalue weighted by Gasteiger charge is 2.18. The van der Waals surface area contributed by atoms with Crippen LogP contribution < -0.4 is 0 Å². The van der Waals surface area contributed by atoms with Crippen LogP contribution in [-0.2, 0) is 10.7 Å². The fourth-order valence-electron chi connectivity index (χ4n) is 1.64. The van der Waals surface area contributed by atoms with Gasteiger partial charge in [0.15, 0.2) is 0 Å². The van der Waals surface area contributed by atoms with Crippen LogP contribution in [0.1, 0.15) is 0 Å². The highest BCUT2D eigenvalue weighted by atomic mass is 32.2. The molecular formula is C12H9NS2. The lowest BCUT2D eigenvalue weighted by molar-refractivity contribution is 1.13. The standard InChI is InChI=1S/C12H9NS2/c13-15-11-7-3-1-5-9(11)14-10-6-2-4-8-12(10)15/h1-8,13H. The van der Waals surface area contributed by atoms with Crippen LogP contribution in [0.3, 0.4) is 0 Å². The van der Waals surface area contributed by atoms with Crippen molar-refractivity contribution in [3.05, 3.63) is 48.5 Å². The van der Waals surface area contributed by atoms with Crippen molar-refractivity contribution in [2.24, 2.45) is 0 Å². The van der Waals surface area contributed by atoms with Crippen molar-refractivity contribution >= 4 is 22.5 Å². The Morgan fingerprint density at radius 1 is 0.800 bits per heavy atom. The van der Waals surface area contributed by atoms with Crippen LogP contribution >= 0.6 is 11.8 Å². The molecule has 0 atom stereocenters. The number of rotatable bonds is 0. The molecule has 2 aromatic rings. The van der Waals surface area contributed by atoms with Crippen LogP contribution in [0.5, 0.6) is 0 Å². The number of hydrogen-bond donors (Lipinski definition) is 1. The fraction of sp³-hybridized carbons (Fsp3) is 0. The molecule has 0 fully saturated rings. The van der Waals surface area contributed by atoms with Crippen LogP contribution in [-0.4, -0.2) is 0 Å². The van der Waals surface area contributed by atoms with Gasteiger partial charge in [0.1, 0.15) is 0 Å². The monoisotopic (exact) mass is 231 g/mol. The van der Waals surface area contributed by atoms with Gasteiger partial charge in [-0.3, -0.25) is 4.78 Å². The maximum atomic E-state index is 8.25. The molecule has 0 radical (unpaired) electrons. The van der Waals surface area contributed by atoms with Crippen molar-refractivity contribution < 1.29 is 0 Å². The lowest BCUT2D eigenvalue weighted by Crippen LogP contribution is -2.00. The quantitative estimate of drug-likeness (QED) is 0.622. The summed E-state index contributed by atoms with van der Waals surface area (Å²) in [4.78, 5) is 4.77. The first-order valence-electron chi connectivity index (χ1n) is 4.68. The molecule has 15 heavy (non-hydrogen) atoms. The van der Waals surface area contributed by atoms with Gasteiger partial charge in [-0.25, -0.2) is 0 Å². The summed E-state index contributed by atoms with van der Waals surface area (Å²) < 4.78 is 8.25.